The monoisotopic (exact) mass is 367 g/mol. The zero-order valence-corrected chi connectivity index (χ0v) is 14.9. The second-order valence-corrected chi connectivity index (χ2v) is 6.09. The average molecular weight is 367 g/mol. The summed E-state index contributed by atoms with van der Waals surface area (Å²) in [7, 11) is 0. The molecule has 2 aromatic rings. The van der Waals surface area contributed by atoms with Gasteiger partial charge in [-0.3, -0.25) is 4.79 Å². The van der Waals surface area contributed by atoms with E-state index in [0.29, 0.717) is 29.3 Å². The van der Waals surface area contributed by atoms with E-state index < -0.39 is 18.0 Å². The standard InChI is InChI=1S/C20H21N3O4/c1-3-27-16-7-5-4-6-15(16)22-19(25)17-12(2)21-20(26)23-18(17)13-8-10-14(24)11-9-13/h4-11,17-18,24H,2-3H2,1H3,(H,22,25)(H2,21,23,26)/t17-,18+/m1/s1. The summed E-state index contributed by atoms with van der Waals surface area (Å²) < 4.78 is 5.54. The third-order valence-corrected chi connectivity index (χ3v) is 4.25. The minimum Gasteiger partial charge on any atom is -0.508 e. The average Bonchev–Trinajstić information content (AvgIpc) is 2.63. The molecule has 7 heteroatoms. The molecule has 0 aliphatic carbocycles. The number of phenolic OH excluding ortho intramolecular Hbond substituents is 1. The van der Waals surface area contributed by atoms with Gasteiger partial charge in [-0.1, -0.05) is 30.8 Å². The van der Waals surface area contributed by atoms with Gasteiger partial charge in [-0.2, -0.15) is 0 Å². The van der Waals surface area contributed by atoms with Crippen LogP contribution in [0.25, 0.3) is 0 Å². The van der Waals surface area contributed by atoms with Crippen molar-refractivity contribution < 1.29 is 19.4 Å². The van der Waals surface area contributed by atoms with Gasteiger partial charge in [-0.25, -0.2) is 4.79 Å². The first-order valence-electron chi connectivity index (χ1n) is 8.57. The molecule has 1 saturated heterocycles. The molecule has 0 bridgehead atoms. The van der Waals surface area contributed by atoms with Crippen LogP contribution in [0, 0.1) is 5.92 Å². The Bertz CT molecular complexity index is 864. The summed E-state index contributed by atoms with van der Waals surface area (Å²) >= 11 is 0. The Balaban J connectivity index is 1.89. The number of benzene rings is 2. The smallest absolute Gasteiger partial charge is 0.319 e. The zero-order valence-electron chi connectivity index (χ0n) is 14.9. The van der Waals surface area contributed by atoms with Crippen molar-refractivity contribution in [1.29, 1.82) is 0 Å². The quantitative estimate of drug-likeness (QED) is 0.653. The molecule has 1 aliphatic heterocycles. The summed E-state index contributed by atoms with van der Waals surface area (Å²) in [5.74, 6) is -0.419. The highest BCUT2D eigenvalue weighted by Gasteiger charge is 2.38. The van der Waals surface area contributed by atoms with E-state index in [2.05, 4.69) is 22.5 Å². The SMILES string of the molecule is C=C1NC(=O)N[C@@H](c2ccc(O)cc2)[C@@H]1C(=O)Nc1ccccc1OCC. The number of hydrogen-bond donors (Lipinski definition) is 4. The van der Waals surface area contributed by atoms with Crippen molar-refractivity contribution in [3.8, 4) is 11.5 Å². The highest BCUT2D eigenvalue weighted by molar-refractivity contribution is 5.98. The summed E-state index contributed by atoms with van der Waals surface area (Å²) in [6, 6.07) is 12.4. The third kappa shape index (κ3) is 4.03. The topological polar surface area (TPSA) is 99.7 Å². The van der Waals surface area contributed by atoms with Gasteiger partial charge in [-0.05, 0) is 36.8 Å². The Morgan fingerprint density at radius 2 is 1.93 bits per heavy atom. The van der Waals surface area contributed by atoms with Gasteiger partial charge in [-0.15, -0.1) is 0 Å². The molecule has 0 saturated carbocycles. The zero-order chi connectivity index (χ0) is 19.4. The van der Waals surface area contributed by atoms with Crippen LogP contribution in [0.5, 0.6) is 11.5 Å². The minimum atomic E-state index is -0.748. The van der Waals surface area contributed by atoms with Gasteiger partial charge in [0.1, 0.15) is 17.4 Å². The van der Waals surface area contributed by atoms with Crippen molar-refractivity contribution in [3.05, 3.63) is 66.4 Å². The molecule has 140 valence electrons. The summed E-state index contributed by atoms with van der Waals surface area (Å²) in [5, 5.41) is 17.7. The lowest BCUT2D eigenvalue weighted by atomic mass is 9.88. The molecule has 2 aromatic carbocycles. The number of carbonyl (C=O) groups is 2. The van der Waals surface area contributed by atoms with Gasteiger partial charge in [0.25, 0.3) is 0 Å². The molecule has 7 nitrogen and oxygen atoms in total. The number of para-hydroxylation sites is 2. The number of amides is 3. The predicted molar refractivity (Wildman–Crippen MR) is 101 cm³/mol. The molecule has 1 fully saturated rings. The van der Waals surface area contributed by atoms with E-state index in [1.165, 1.54) is 12.1 Å². The fraction of sp³-hybridized carbons (Fsp3) is 0.200. The van der Waals surface area contributed by atoms with Crippen LogP contribution in [-0.4, -0.2) is 23.7 Å². The van der Waals surface area contributed by atoms with Crippen LogP contribution in [0.2, 0.25) is 0 Å². The van der Waals surface area contributed by atoms with Crippen molar-refractivity contribution in [3.63, 3.8) is 0 Å². The maximum atomic E-state index is 13.0. The highest BCUT2D eigenvalue weighted by atomic mass is 16.5. The Morgan fingerprint density at radius 3 is 2.63 bits per heavy atom. The van der Waals surface area contributed by atoms with E-state index >= 15 is 0 Å². The number of anilines is 1. The first-order chi connectivity index (χ1) is 13.0. The van der Waals surface area contributed by atoms with Crippen molar-refractivity contribution in [2.24, 2.45) is 5.92 Å². The first kappa shape index (κ1) is 18.3. The number of urea groups is 1. The van der Waals surface area contributed by atoms with Crippen LogP contribution in [0.4, 0.5) is 10.5 Å². The predicted octanol–water partition coefficient (Wildman–Crippen LogP) is 2.91. The Kier molecular flexibility index (Phi) is 5.30. The third-order valence-electron chi connectivity index (χ3n) is 4.25. The molecule has 0 spiro atoms. The summed E-state index contributed by atoms with van der Waals surface area (Å²) in [4.78, 5) is 24.9. The first-order valence-corrected chi connectivity index (χ1v) is 8.57. The second kappa shape index (κ2) is 7.82. The fourth-order valence-corrected chi connectivity index (χ4v) is 3.01. The number of hydrogen-bond acceptors (Lipinski definition) is 4. The molecule has 2 atom stereocenters. The molecule has 0 aromatic heterocycles. The lowest BCUT2D eigenvalue weighted by Crippen LogP contribution is -2.51. The maximum absolute atomic E-state index is 13.0. The van der Waals surface area contributed by atoms with E-state index in [1.54, 1.807) is 30.3 Å². The Hall–Kier alpha value is -3.48. The molecule has 3 amide bonds. The number of rotatable bonds is 5. The van der Waals surface area contributed by atoms with Gasteiger partial charge < -0.3 is 25.8 Å². The Morgan fingerprint density at radius 1 is 1.22 bits per heavy atom. The van der Waals surface area contributed by atoms with E-state index in [4.69, 9.17) is 4.74 Å². The van der Waals surface area contributed by atoms with Crippen LogP contribution in [0.1, 0.15) is 18.5 Å². The van der Waals surface area contributed by atoms with Crippen LogP contribution in [-0.2, 0) is 4.79 Å². The van der Waals surface area contributed by atoms with Crippen LogP contribution in [0.15, 0.2) is 60.8 Å². The van der Waals surface area contributed by atoms with Crippen molar-refractivity contribution in [2.75, 3.05) is 11.9 Å². The number of carbonyl (C=O) groups excluding carboxylic acids is 2. The number of nitrogens with one attached hydrogen (secondary N) is 3. The van der Waals surface area contributed by atoms with Crippen molar-refractivity contribution in [1.82, 2.24) is 10.6 Å². The molecular formula is C20H21N3O4. The molecular weight excluding hydrogens is 346 g/mol. The van der Waals surface area contributed by atoms with E-state index in [9.17, 15) is 14.7 Å². The lowest BCUT2D eigenvalue weighted by Gasteiger charge is -2.34. The Labute approximate surface area is 157 Å². The molecule has 1 aliphatic rings. The highest BCUT2D eigenvalue weighted by Crippen LogP contribution is 2.32. The van der Waals surface area contributed by atoms with Gasteiger partial charge in [0.05, 0.1) is 18.3 Å². The van der Waals surface area contributed by atoms with E-state index in [0.717, 1.165) is 0 Å². The number of ether oxygens (including phenoxy) is 1. The van der Waals surface area contributed by atoms with Crippen molar-refractivity contribution in [2.45, 2.75) is 13.0 Å². The summed E-state index contributed by atoms with van der Waals surface area (Å²) in [6.45, 7) is 6.18. The van der Waals surface area contributed by atoms with Crippen LogP contribution >= 0.6 is 0 Å². The van der Waals surface area contributed by atoms with Gasteiger partial charge in [0.2, 0.25) is 5.91 Å². The van der Waals surface area contributed by atoms with Gasteiger partial charge in [0.15, 0.2) is 0 Å². The molecule has 27 heavy (non-hydrogen) atoms. The van der Waals surface area contributed by atoms with Crippen molar-refractivity contribution >= 4 is 17.6 Å². The normalized spacial score (nSPS) is 19.0. The minimum absolute atomic E-state index is 0.101. The van der Waals surface area contributed by atoms with E-state index in [-0.39, 0.29) is 11.7 Å². The summed E-state index contributed by atoms with van der Waals surface area (Å²) in [6.07, 6.45) is 0. The van der Waals surface area contributed by atoms with Gasteiger partial charge >= 0.3 is 6.03 Å². The number of phenols is 1. The summed E-state index contributed by atoms with van der Waals surface area (Å²) in [5.41, 5.74) is 1.52. The maximum Gasteiger partial charge on any atom is 0.319 e. The molecule has 0 radical (unpaired) electrons. The molecule has 4 N–H and O–H groups in total. The molecule has 0 unspecified atom stereocenters. The van der Waals surface area contributed by atoms with Crippen LogP contribution in [0.3, 0.4) is 0 Å². The largest absolute Gasteiger partial charge is 0.508 e. The number of aromatic hydroxyl groups is 1. The molecule has 1 heterocycles. The fourth-order valence-electron chi connectivity index (χ4n) is 3.01. The second-order valence-electron chi connectivity index (χ2n) is 6.09. The molecule has 3 rings (SSSR count). The van der Waals surface area contributed by atoms with Gasteiger partial charge in [0, 0.05) is 5.70 Å². The van der Waals surface area contributed by atoms with E-state index in [1.807, 2.05) is 13.0 Å². The van der Waals surface area contributed by atoms with Crippen LogP contribution < -0.4 is 20.7 Å². The lowest BCUT2D eigenvalue weighted by molar-refractivity contribution is -0.119.